The molecule has 1 atom stereocenters. The van der Waals surface area contributed by atoms with Gasteiger partial charge in [-0.2, -0.15) is 10.2 Å². The number of allylic oxidation sites excluding steroid dienone is 3. The molecule has 26 heavy (non-hydrogen) atoms. The third-order valence-corrected chi connectivity index (χ3v) is 4.25. The van der Waals surface area contributed by atoms with Gasteiger partial charge >= 0.3 is 5.97 Å². The predicted molar refractivity (Wildman–Crippen MR) is 93.9 cm³/mol. The number of aromatic nitrogens is 2. The Morgan fingerprint density at radius 3 is 2.62 bits per heavy atom. The van der Waals surface area contributed by atoms with Crippen molar-refractivity contribution < 1.29 is 14.8 Å². The lowest BCUT2D eigenvalue weighted by Gasteiger charge is -2.30. The molecule has 8 nitrogen and oxygen atoms in total. The number of benzene rings is 1. The van der Waals surface area contributed by atoms with Gasteiger partial charge in [0.05, 0.1) is 16.2 Å². The molecule has 1 aliphatic heterocycles. The number of carboxylic acids is 1. The van der Waals surface area contributed by atoms with Crippen LogP contribution in [0.5, 0.6) is 0 Å². The minimum Gasteiger partial charge on any atom is -0.478 e. The van der Waals surface area contributed by atoms with Gasteiger partial charge in [0.15, 0.2) is 0 Å². The monoisotopic (exact) mass is 352 g/mol. The molecule has 1 aromatic heterocycles. The lowest BCUT2D eigenvalue weighted by Crippen LogP contribution is -2.27. The van der Waals surface area contributed by atoms with E-state index in [4.69, 9.17) is 0 Å². The van der Waals surface area contributed by atoms with Crippen LogP contribution >= 0.6 is 0 Å². The number of nitro groups is 1. The second-order valence-electron chi connectivity index (χ2n) is 5.90. The van der Waals surface area contributed by atoms with Crippen molar-refractivity contribution >= 4 is 17.2 Å². The zero-order chi connectivity index (χ0) is 18.8. The van der Waals surface area contributed by atoms with Crippen LogP contribution in [-0.2, 0) is 4.79 Å². The van der Waals surface area contributed by atoms with E-state index in [1.807, 2.05) is 6.92 Å². The van der Waals surface area contributed by atoms with Crippen molar-refractivity contribution in [3.8, 4) is 0 Å². The molecule has 0 spiro atoms. The van der Waals surface area contributed by atoms with Crippen LogP contribution in [0.15, 0.2) is 59.6 Å². The van der Waals surface area contributed by atoms with E-state index in [-0.39, 0.29) is 11.3 Å². The van der Waals surface area contributed by atoms with E-state index in [0.29, 0.717) is 22.5 Å². The first kappa shape index (κ1) is 17.3. The van der Waals surface area contributed by atoms with E-state index in [1.54, 1.807) is 31.2 Å². The Balaban J connectivity index is 2.26. The van der Waals surface area contributed by atoms with Gasteiger partial charge in [0, 0.05) is 41.2 Å². The minimum atomic E-state index is -1.10. The van der Waals surface area contributed by atoms with Crippen molar-refractivity contribution in [1.82, 2.24) is 15.5 Å². The number of dihydropyridines is 1. The van der Waals surface area contributed by atoms with Gasteiger partial charge < -0.3 is 10.4 Å². The molecular weight excluding hydrogens is 336 g/mol. The molecule has 2 aromatic rings. The summed E-state index contributed by atoms with van der Waals surface area (Å²) in [5, 5.41) is 32.0. The number of nitrogens with zero attached hydrogens (tertiary/aromatic N) is 3. The number of carbonyl (C=O) groups is 1. The van der Waals surface area contributed by atoms with E-state index >= 15 is 0 Å². The van der Waals surface area contributed by atoms with Crippen molar-refractivity contribution in [2.45, 2.75) is 19.8 Å². The molecule has 0 aliphatic carbocycles. The van der Waals surface area contributed by atoms with Crippen LogP contribution < -0.4 is 5.32 Å². The molecule has 0 bridgehead atoms. The maximum absolute atomic E-state index is 12.0. The van der Waals surface area contributed by atoms with Crippen LogP contribution in [0.1, 0.15) is 31.0 Å². The smallest absolute Gasteiger partial charge is 0.334 e. The Morgan fingerprint density at radius 2 is 2.00 bits per heavy atom. The van der Waals surface area contributed by atoms with Gasteiger partial charge in [0.2, 0.25) is 0 Å². The Labute approximate surface area is 149 Å². The third-order valence-electron chi connectivity index (χ3n) is 4.25. The molecule has 8 heteroatoms. The molecule has 0 saturated heterocycles. The van der Waals surface area contributed by atoms with Crippen LogP contribution in [-0.4, -0.2) is 26.2 Å². The summed E-state index contributed by atoms with van der Waals surface area (Å²) in [6, 6.07) is 9.45. The van der Waals surface area contributed by atoms with Crippen molar-refractivity contribution in [3.05, 3.63) is 80.9 Å². The highest BCUT2D eigenvalue weighted by molar-refractivity contribution is 5.96. The SMILES string of the molecule is CC1=C(C(=O)O)C(c2cccc([N+](=O)[O-])c2)C(c2cccnn2)=C(C)N1. The molecule has 0 radical (unpaired) electrons. The first-order valence-corrected chi connectivity index (χ1v) is 7.84. The van der Waals surface area contributed by atoms with Gasteiger partial charge in [-0.1, -0.05) is 12.1 Å². The topological polar surface area (TPSA) is 118 Å². The van der Waals surface area contributed by atoms with Crippen LogP contribution in [0.25, 0.3) is 5.57 Å². The summed E-state index contributed by atoms with van der Waals surface area (Å²) >= 11 is 0. The molecule has 1 aliphatic rings. The number of aliphatic carboxylic acids is 1. The van der Waals surface area contributed by atoms with E-state index in [0.717, 1.165) is 5.70 Å². The fraction of sp³-hybridized carbons (Fsp3) is 0.167. The number of hydrogen-bond donors (Lipinski definition) is 2. The average Bonchev–Trinajstić information content (AvgIpc) is 2.61. The van der Waals surface area contributed by atoms with Crippen molar-refractivity contribution in [1.29, 1.82) is 0 Å². The zero-order valence-electron chi connectivity index (χ0n) is 14.1. The third kappa shape index (κ3) is 3.04. The lowest BCUT2D eigenvalue weighted by molar-refractivity contribution is -0.384. The summed E-state index contributed by atoms with van der Waals surface area (Å²) in [6.45, 7) is 3.49. The molecule has 1 unspecified atom stereocenters. The Hall–Kier alpha value is -3.55. The average molecular weight is 352 g/mol. The van der Waals surface area contributed by atoms with Crippen LogP contribution in [0, 0.1) is 10.1 Å². The molecule has 0 saturated carbocycles. The van der Waals surface area contributed by atoms with Gasteiger partial charge in [-0.3, -0.25) is 10.1 Å². The predicted octanol–water partition coefficient (Wildman–Crippen LogP) is 2.86. The number of nitro benzene ring substituents is 1. The lowest BCUT2D eigenvalue weighted by atomic mass is 9.79. The van der Waals surface area contributed by atoms with E-state index in [9.17, 15) is 20.0 Å². The quantitative estimate of drug-likeness (QED) is 0.641. The number of carboxylic acid groups (broad SMARTS) is 1. The highest BCUT2D eigenvalue weighted by Gasteiger charge is 2.35. The van der Waals surface area contributed by atoms with E-state index in [1.165, 1.54) is 18.3 Å². The van der Waals surface area contributed by atoms with Crippen molar-refractivity contribution in [2.24, 2.45) is 0 Å². The Kier molecular flexibility index (Phi) is 4.49. The van der Waals surface area contributed by atoms with Crippen molar-refractivity contribution in [3.63, 3.8) is 0 Å². The van der Waals surface area contributed by atoms with Crippen LogP contribution in [0.4, 0.5) is 5.69 Å². The fourth-order valence-electron chi connectivity index (χ4n) is 3.21. The van der Waals surface area contributed by atoms with Gasteiger partial charge in [-0.25, -0.2) is 4.79 Å². The summed E-state index contributed by atoms with van der Waals surface area (Å²) in [5.41, 5.74) is 2.89. The summed E-state index contributed by atoms with van der Waals surface area (Å²) in [5.74, 6) is -1.80. The first-order valence-electron chi connectivity index (χ1n) is 7.84. The summed E-state index contributed by atoms with van der Waals surface area (Å²) in [6.07, 6.45) is 1.53. The second kappa shape index (κ2) is 6.75. The van der Waals surface area contributed by atoms with E-state index < -0.39 is 16.8 Å². The number of nitrogens with one attached hydrogen (secondary N) is 1. The zero-order valence-corrected chi connectivity index (χ0v) is 14.1. The van der Waals surface area contributed by atoms with Gasteiger partial charge in [-0.15, -0.1) is 0 Å². The summed E-state index contributed by atoms with van der Waals surface area (Å²) < 4.78 is 0. The number of non-ortho nitro benzene ring substituents is 1. The minimum absolute atomic E-state index is 0.0976. The molecule has 3 rings (SSSR count). The van der Waals surface area contributed by atoms with Gasteiger partial charge in [0.25, 0.3) is 5.69 Å². The Morgan fingerprint density at radius 1 is 1.23 bits per heavy atom. The second-order valence-corrected chi connectivity index (χ2v) is 5.90. The highest BCUT2D eigenvalue weighted by atomic mass is 16.6. The first-order chi connectivity index (χ1) is 12.4. The van der Waals surface area contributed by atoms with E-state index in [2.05, 4.69) is 15.5 Å². The number of hydrogen-bond acceptors (Lipinski definition) is 6. The summed E-state index contributed by atoms with van der Waals surface area (Å²) in [4.78, 5) is 22.6. The van der Waals surface area contributed by atoms with Crippen LogP contribution in [0.3, 0.4) is 0 Å². The molecular formula is C18H16N4O4. The van der Waals surface area contributed by atoms with Gasteiger partial charge in [0.1, 0.15) is 0 Å². The van der Waals surface area contributed by atoms with Crippen molar-refractivity contribution in [2.75, 3.05) is 0 Å². The number of rotatable bonds is 4. The standard InChI is InChI=1S/C18H16N4O4/c1-10-15(14-7-4-8-19-21-14)17(16(18(23)24)11(2)20-10)12-5-3-6-13(9-12)22(25)26/h3-9,17,20H,1-2H3,(H,23,24). The maximum atomic E-state index is 12.0. The molecule has 2 N–H and O–H groups in total. The molecule has 2 heterocycles. The molecule has 132 valence electrons. The van der Waals surface area contributed by atoms with Crippen LogP contribution in [0.2, 0.25) is 0 Å². The summed E-state index contributed by atoms with van der Waals surface area (Å²) in [7, 11) is 0. The Bertz CT molecular complexity index is 951. The van der Waals surface area contributed by atoms with Gasteiger partial charge in [-0.05, 0) is 31.5 Å². The fourth-order valence-corrected chi connectivity index (χ4v) is 3.21. The molecule has 0 fully saturated rings. The highest BCUT2D eigenvalue weighted by Crippen LogP contribution is 2.43. The largest absolute Gasteiger partial charge is 0.478 e. The molecule has 1 aromatic carbocycles. The normalized spacial score (nSPS) is 17.1. The maximum Gasteiger partial charge on any atom is 0.334 e. The molecule has 0 amide bonds.